The Morgan fingerprint density at radius 1 is 1.05 bits per heavy atom. The molecule has 0 spiro atoms. The Hall–Kier alpha value is -1.80. The third-order valence-electron chi connectivity index (χ3n) is 3.98. The number of para-hydroxylation sites is 1. The monoisotopic (exact) mass is 280 g/mol. The molecule has 2 aromatic carbocycles. The number of nitrogens with one attached hydrogen (secondary N) is 1. The van der Waals surface area contributed by atoms with Crippen LogP contribution in [0.1, 0.15) is 30.5 Å². The zero-order valence-electron chi connectivity index (χ0n) is 12.5. The molecule has 109 valence electrons. The van der Waals surface area contributed by atoms with Crippen LogP contribution in [-0.4, -0.2) is 6.54 Å². The summed E-state index contributed by atoms with van der Waals surface area (Å²) in [5, 5.41) is 3.57. The molecule has 0 aliphatic carbocycles. The number of benzene rings is 2. The standard InChI is InChI=1S/C19H22NO/c1-15-11-12-20-18(13-15)17-9-5-6-10-19(17)21-14-16-7-3-2-4-8-16/h2-10,13,15,18,20H,11-12,14H2,1H3. The molecule has 0 amide bonds. The van der Waals surface area contributed by atoms with Crippen LogP contribution >= 0.6 is 0 Å². The maximum Gasteiger partial charge on any atom is 0.124 e. The molecule has 2 heteroatoms. The second-order valence-electron chi connectivity index (χ2n) is 5.70. The normalized spacial score (nSPS) is 22.0. The Balaban J connectivity index is 1.73. The van der Waals surface area contributed by atoms with Gasteiger partial charge in [0.15, 0.2) is 0 Å². The third kappa shape index (κ3) is 3.64. The highest BCUT2D eigenvalue weighted by Gasteiger charge is 2.22. The quantitative estimate of drug-likeness (QED) is 0.908. The fourth-order valence-corrected chi connectivity index (χ4v) is 2.78. The lowest BCUT2D eigenvalue weighted by Gasteiger charge is -2.29. The smallest absolute Gasteiger partial charge is 0.124 e. The molecule has 21 heavy (non-hydrogen) atoms. The molecule has 1 radical (unpaired) electrons. The van der Waals surface area contributed by atoms with Gasteiger partial charge < -0.3 is 10.1 Å². The van der Waals surface area contributed by atoms with E-state index in [1.54, 1.807) is 0 Å². The van der Waals surface area contributed by atoms with Crippen molar-refractivity contribution in [2.75, 3.05) is 6.54 Å². The van der Waals surface area contributed by atoms with E-state index in [1.165, 1.54) is 17.5 Å². The van der Waals surface area contributed by atoms with Crippen LogP contribution in [0.3, 0.4) is 0 Å². The maximum absolute atomic E-state index is 6.05. The number of hydrogen-bond donors (Lipinski definition) is 1. The molecule has 2 atom stereocenters. The lowest BCUT2D eigenvalue weighted by molar-refractivity contribution is 0.297. The molecule has 1 aliphatic rings. The van der Waals surface area contributed by atoms with Crippen LogP contribution in [0.4, 0.5) is 0 Å². The minimum absolute atomic E-state index is 0.292. The summed E-state index contributed by atoms with van der Waals surface area (Å²) >= 11 is 0. The first-order valence-electron chi connectivity index (χ1n) is 7.67. The molecule has 1 heterocycles. The molecule has 1 N–H and O–H groups in total. The fourth-order valence-electron chi connectivity index (χ4n) is 2.78. The topological polar surface area (TPSA) is 21.3 Å². The zero-order valence-corrected chi connectivity index (χ0v) is 12.5. The summed E-state index contributed by atoms with van der Waals surface area (Å²) in [4.78, 5) is 0. The van der Waals surface area contributed by atoms with Crippen molar-refractivity contribution < 1.29 is 4.74 Å². The molecule has 0 aromatic heterocycles. The van der Waals surface area contributed by atoms with Gasteiger partial charge in [0.1, 0.15) is 12.4 Å². The SMILES string of the molecule is CC1[CH]C(c2ccccc2OCc2ccccc2)NCC1. The first-order chi connectivity index (χ1) is 10.3. The summed E-state index contributed by atoms with van der Waals surface area (Å²) in [6.07, 6.45) is 3.59. The molecule has 3 rings (SSSR count). The van der Waals surface area contributed by atoms with Gasteiger partial charge in [0, 0.05) is 11.6 Å². The highest BCUT2D eigenvalue weighted by atomic mass is 16.5. The number of piperidine rings is 1. The minimum Gasteiger partial charge on any atom is -0.489 e. The van der Waals surface area contributed by atoms with Crippen molar-refractivity contribution in [1.29, 1.82) is 0 Å². The van der Waals surface area contributed by atoms with Crippen LogP contribution in [-0.2, 0) is 6.61 Å². The van der Waals surface area contributed by atoms with Gasteiger partial charge in [-0.15, -0.1) is 0 Å². The molecular weight excluding hydrogens is 258 g/mol. The molecule has 1 fully saturated rings. The van der Waals surface area contributed by atoms with Crippen molar-refractivity contribution in [3.8, 4) is 5.75 Å². The summed E-state index contributed by atoms with van der Waals surface area (Å²) in [6, 6.07) is 18.9. The average Bonchev–Trinajstić information content (AvgIpc) is 2.54. The van der Waals surface area contributed by atoms with E-state index in [1.807, 2.05) is 24.3 Å². The Kier molecular flexibility index (Phi) is 4.56. The molecule has 2 nitrogen and oxygen atoms in total. The van der Waals surface area contributed by atoms with Gasteiger partial charge in [0.25, 0.3) is 0 Å². The maximum atomic E-state index is 6.05. The second kappa shape index (κ2) is 6.77. The lowest BCUT2D eigenvalue weighted by atomic mass is 9.90. The minimum atomic E-state index is 0.292. The number of ether oxygens (including phenoxy) is 1. The number of hydrogen-bond acceptors (Lipinski definition) is 2. The van der Waals surface area contributed by atoms with E-state index in [2.05, 4.69) is 49.0 Å². The van der Waals surface area contributed by atoms with Gasteiger partial charge in [-0.1, -0.05) is 55.5 Å². The first-order valence-corrected chi connectivity index (χ1v) is 7.67. The van der Waals surface area contributed by atoms with E-state index in [4.69, 9.17) is 4.74 Å². The summed E-state index contributed by atoms with van der Waals surface area (Å²) in [7, 11) is 0. The predicted molar refractivity (Wildman–Crippen MR) is 86.0 cm³/mol. The van der Waals surface area contributed by atoms with Crippen molar-refractivity contribution in [2.24, 2.45) is 5.92 Å². The highest BCUT2D eigenvalue weighted by Crippen LogP contribution is 2.32. The molecular formula is C19H22NO. The molecule has 2 unspecified atom stereocenters. The molecule has 0 saturated carbocycles. The Labute approximate surface area is 127 Å². The van der Waals surface area contributed by atoms with E-state index >= 15 is 0 Å². The Morgan fingerprint density at radius 2 is 1.81 bits per heavy atom. The Morgan fingerprint density at radius 3 is 2.62 bits per heavy atom. The van der Waals surface area contributed by atoms with Gasteiger partial charge in [-0.05, 0) is 36.9 Å². The summed E-state index contributed by atoms with van der Waals surface area (Å²) < 4.78 is 6.05. The van der Waals surface area contributed by atoms with Gasteiger partial charge in [-0.3, -0.25) is 0 Å². The predicted octanol–water partition coefficient (Wildman–Crippen LogP) is 4.14. The molecule has 1 saturated heterocycles. The number of rotatable bonds is 4. The van der Waals surface area contributed by atoms with Crippen LogP contribution in [0.25, 0.3) is 0 Å². The van der Waals surface area contributed by atoms with Crippen LogP contribution in [0.2, 0.25) is 0 Å². The van der Waals surface area contributed by atoms with Crippen molar-refractivity contribution in [1.82, 2.24) is 5.32 Å². The first kappa shape index (κ1) is 14.2. The van der Waals surface area contributed by atoms with E-state index in [0.29, 0.717) is 18.6 Å². The van der Waals surface area contributed by atoms with Crippen LogP contribution in [0.15, 0.2) is 54.6 Å². The van der Waals surface area contributed by atoms with Crippen LogP contribution < -0.4 is 10.1 Å². The van der Waals surface area contributed by atoms with Crippen molar-refractivity contribution in [3.63, 3.8) is 0 Å². The van der Waals surface area contributed by atoms with Gasteiger partial charge in [0.2, 0.25) is 0 Å². The zero-order chi connectivity index (χ0) is 14.5. The van der Waals surface area contributed by atoms with E-state index in [-0.39, 0.29) is 0 Å². The largest absolute Gasteiger partial charge is 0.489 e. The fraction of sp³-hybridized carbons (Fsp3) is 0.316. The molecule has 2 aromatic rings. The average molecular weight is 280 g/mol. The van der Waals surface area contributed by atoms with Gasteiger partial charge in [0.05, 0.1) is 0 Å². The third-order valence-corrected chi connectivity index (χ3v) is 3.98. The lowest BCUT2D eigenvalue weighted by Crippen LogP contribution is -2.31. The van der Waals surface area contributed by atoms with Crippen molar-refractivity contribution >= 4 is 0 Å². The molecule has 1 aliphatic heterocycles. The van der Waals surface area contributed by atoms with Gasteiger partial charge >= 0.3 is 0 Å². The molecule has 0 bridgehead atoms. The second-order valence-corrected chi connectivity index (χ2v) is 5.70. The highest BCUT2D eigenvalue weighted by molar-refractivity contribution is 5.38. The van der Waals surface area contributed by atoms with E-state index < -0.39 is 0 Å². The van der Waals surface area contributed by atoms with Gasteiger partial charge in [-0.25, -0.2) is 0 Å². The van der Waals surface area contributed by atoms with E-state index in [9.17, 15) is 0 Å². The van der Waals surface area contributed by atoms with Crippen LogP contribution in [0.5, 0.6) is 5.75 Å². The summed E-state index contributed by atoms with van der Waals surface area (Å²) in [6.45, 7) is 3.96. The van der Waals surface area contributed by atoms with Crippen molar-refractivity contribution in [3.05, 3.63) is 72.1 Å². The Bertz CT molecular complexity index is 567. The van der Waals surface area contributed by atoms with Crippen LogP contribution in [0, 0.1) is 12.3 Å². The summed E-state index contributed by atoms with van der Waals surface area (Å²) in [5.41, 5.74) is 2.43. The van der Waals surface area contributed by atoms with Gasteiger partial charge in [-0.2, -0.15) is 0 Å². The summed E-state index contributed by atoms with van der Waals surface area (Å²) in [5.74, 6) is 1.63. The van der Waals surface area contributed by atoms with E-state index in [0.717, 1.165) is 12.3 Å². The van der Waals surface area contributed by atoms with Crippen molar-refractivity contribution in [2.45, 2.75) is 26.0 Å².